The maximum atomic E-state index is 12.1. The van der Waals surface area contributed by atoms with Gasteiger partial charge in [0.1, 0.15) is 5.75 Å². The lowest BCUT2D eigenvalue weighted by molar-refractivity contribution is -0.0497. The highest BCUT2D eigenvalue weighted by atomic mass is 35.5. The summed E-state index contributed by atoms with van der Waals surface area (Å²) in [5.74, 6) is -0.0660. The number of nitrogens with one attached hydrogen (secondary N) is 1. The standard InChI is InChI=1S/C15H11ClF2N2O/c16-13-7-12(4-5-14(13)21-15(17)18)20-9-11-3-1-2-10(6-11)8-19/h1-7,15,20H,9H2. The first-order valence-electron chi connectivity index (χ1n) is 6.06. The third kappa shape index (κ3) is 4.33. The maximum absolute atomic E-state index is 12.1. The average Bonchev–Trinajstić information content (AvgIpc) is 2.47. The van der Waals surface area contributed by atoms with Crippen LogP contribution in [0.2, 0.25) is 5.02 Å². The second-order valence-electron chi connectivity index (χ2n) is 4.19. The van der Waals surface area contributed by atoms with Crippen LogP contribution in [0.4, 0.5) is 14.5 Å². The van der Waals surface area contributed by atoms with Gasteiger partial charge in [0, 0.05) is 12.2 Å². The molecular formula is C15H11ClF2N2O. The SMILES string of the molecule is N#Cc1cccc(CNc2ccc(OC(F)F)c(Cl)c2)c1. The Morgan fingerprint density at radius 3 is 2.71 bits per heavy atom. The van der Waals surface area contributed by atoms with Crippen LogP contribution < -0.4 is 10.1 Å². The number of nitriles is 1. The van der Waals surface area contributed by atoms with Gasteiger partial charge in [-0.05, 0) is 35.9 Å². The zero-order chi connectivity index (χ0) is 15.2. The molecule has 0 bridgehead atoms. The maximum Gasteiger partial charge on any atom is 0.387 e. The molecular weight excluding hydrogens is 298 g/mol. The Morgan fingerprint density at radius 2 is 2.05 bits per heavy atom. The van der Waals surface area contributed by atoms with Gasteiger partial charge in [-0.1, -0.05) is 23.7 Å². The number of benzene rings is 2. The van der Waals surface area contributed by atoms with Crippen molar-refractivity contribution in [2.24, 2.45) is 0 Å². The van der Waals surface area contributed by atoms with E-state index in [9.17, 15) is 8.78 Å². The van der Waals surface area contributed by atoms with Crippen molar-refractivity contribution < 1.29 is 13.5 Å². The van der Waals surface area contributed by atoms with E-state index in [1.165, 1.54) is 12.1 Å². The molecule has 0 radical (unpaired) electrons. The van der Waals surface area contributed by atoms with Crippen molar-refractivity contribution in [3.63, 3.8) is 0 Å². The summed E-state index contributed by atoms with van der Waals surface area (Å²) < 4.78 is 28.5. The fraction of sp³-hybridized carbons (Fsp3) is 0.133. The van der Waals surface area contributed by atoms with Gasteiger partial charge in [-0.3, -0.25) is 0 Å². The molecule has 0 heterocycles. The van der Waals surface area contributed by atoms with E-state index in [0.717, 1.165) is 5.56 Å². The molecule has 0 aliphatic carbocycles. The van der Waals surface area contributed by atoms with Gasteiger partial charge in [0.25, 0.3) is 0 Å². The molecule has 0 spiro atoms. The molecule has 6 heteroatoms. The van der Waals surface area contributed by atoms with E-state index in [2.05, 4.69) is 16.1 Å². The summed E-state index contributed by atoms with van der Waals surface area (Å²) in [7, 11) is 0. The Kier molecular flexibility index (Phi) is 4.96. The molecule has 2 rings (SSSR count). The lowest BCUT2D eigenvalue weighted by Gasteiger charge is -2.10. The van der Waals surface area contributed by atoms with E-state index in [-0.39, 0.29) is 10.8 Å². The van der Waals surface area contributed by atoms with E-state index in [4.69, 9.17) is 16.9 Å². The molecule has 0 saturated heterocycles. The Bertz CT molecular complexity index is 671. The van der Waals surface area contributed by atoms with Crippen molar-refractivity contribution in [2.45, 2.75) is 13.2 Å². The summed E-state index contributed by atoms with van der Waals surface area (Å²) in [6.07, 6.45) is 0. The molecule has 0 saturated carbocycles. The monoisotopic (exact) mass is 308 g/mol. The van der Waals surface area contributed by atoms with Crippen LogP contribution in [-0.4, -0.2) is 6.61 Å². The lowest BCUT2D eigenvalue weighted by Crippen LogP contribution is -2.03. The minimum absolute atomic E-state index is 0.0660. The molecule has 2 aromatic rings. The number of hydrogen-bond acceptors (Lipinski definition) is 3. The van der Waals surface area contributed by atoms with Gasteiger partial charge >= 0.3 is 6.61 Å². The van der Waals surface area contributed by atoms with E-state index in [0.29, 0.717) is 17.8 Å². The number of nitrogens with zero attached hydrogens (tertiary/aromatic N) is 1. The van der Waals surface area contributed by atoms with Gasteiger partial charge in [-0.25, -0.2) is 0 Å². The average molecular weight is 309 g/mol. The Morgan fingerprint density at radius 1 is 1.24 bits per heavy atom. The number of rotatable bonds is 5. The summed E-state index contributed by atoms with van der Waals surface area (Å²) in [6, 6.07) is 13.7. The molecule has 1 N–H and O–H groups in total. The highest BCUT2D eigenvalue weighted by molar-refractivity contribution is 6.32. The van der Waals surface area contributed by atoms with Gasteiger partial charge in [0.2, 0.25) is 0 Å². The summed E-state index contributed by atoms with van der Waals surface area (Å²) in [5.41, 5.74) is 2.18. The molecule has 108 valence electrons. The first-order chi connectivity index (χ1) is 10.1. The fourth-order valence-corrected chi connectivity index (χ4v) is 1.98. The number of halogens is 3. The van der Waals surface area contributed by atoms with Gasteiger partial charge in [-0.2, -0.15) is 14.0 Å². The smallest absolute Gasteiger partial charge is 0.387 e. The molecule has 2 aromatic carbocycles. The molecule has 0 aromatic heterocycles. The summed E-state index contributed by atoms with van der Waals surface area (Å²) in [4.78, 5) is 0. The molecule has 0 fully saturated rings. The van der Waals surface area contributed by atoms with E-state index >= 15 is 0 Å². The fourth-order valence-electron chi connectivity index (χ4n) is 1.76. The van der Waals surface area contributed by atoms with Crippen LogP contribution >= 0.6 is 11.6 Å². The molecule has 21 heavy (non-hydrogen) atoms. The largest absolute Gasteiger partial charge is 0.433 e. The molecule has 0 atom stereocenters. The van der Waals surface area contributed by atoms with Crippen molar-refractivity contribution >= 4 is 17.3 Å². The highest BCUT2D eigenvalue weighted by Crippen LogP contribution is 2.29. The van der Waals surface area contributed by atoms with Crippen LogP contribution in [0.25, 0.3) is 0 Å². The minimum Gasteiger partial charge on any atom is -0.433 e. The zero-order valence-electron chi connectivity index (χ0n) is 10.8. The van der Waals surface area contributed by atoms with Gasteiger partial charge in [-0.15, -0.1) is 0 Å². The predicted octanol–water partition coefficient (Wildman–Crippen LogP) is 4.43. The van der Waals surface area contributed by atoms with Crippen LogP contribution in [0.1, 0.15) is 11.1 Å². The van der Waals surface area contributed by atoms with Crippen LogP contribution in [0, 0.1) is 11.3 Å². The second kappa shape index (κ2) is 6.91. The normalized spacial score (nSPS) is 10.2. The predicted molar refractivity (Wildman–Crippen MR) is 76.6 cm³/mol. The lowest BCUT2D eigenvalue weighted by atomic mass is 10.1. The molecule has 3 nitrogen and oxygen atoms in total. The topological polar surface area (TPSA) is 45.0 Å². The van der Waals surface area contributed by atoms with Crippen molar-refractivity contribution in [3.8, 4) is 11.8 Å². The van der Waals surface area contributed by atoms with Gasteiger partial charge in [0.05, 0.1) is 16.7 Å². The van der Waals surface area contributed by atoms with Crippen LogP contribution in [0.5, 0.6) is 5.75 Å². The third-order valence-corrected chi connectivity index (χ3v) is 3.00. The first kappa shape index (κ1) is 15.1. The quantitative estimate of drug-likeness (QED) is 0.889. The van der Waals surface area contributed by atoms with Crippen molar-refractivity contribution in [2.75, 3.05) is 5.32 Å². The summed E-state index contributed by atoms with van der Waals surface area (Å²) in [5, 5.41) is 12.0. The molecule has 0 unspecified atom stereocenters. The Balaban J connectivity index is 2.03. The van der Waals surface area contributed by atoms with Gasteiger partial charge in [0.15, 0.2) is 0 Å². The summed E-state index contributed by atoms with van der Waals surface area (Å²) >= 11 is 5.86. The zero-order valence-corrected chi connectivity index (χ0v) is 11.6. The van der Waals surface area contributed by atoms with E-state index in [1.54, 1.807) is 24.3 Å². The minimum atomic E-state index is -2.91. The number of alkyl halides is 2. The third-order valence-electron chi connectivity index (χ3n) is 2.70. The first-order valence-corrected chi connectivity index (χ1v) is 6.43. The van der Waals surface area contributed by atoms with Crippen LogP contribution in [0.15, 0.2) is 42.5 Å². The van der Waals surface area contributed by atoms with Crippen molar-refractivity contribution in [1.82, 2.24) is 0 Å². The van der Waals surface area contributed by atoms with Gasteiger partial charge < -0.3 is 10.1 Å². The Labute approximate surface area is 125 Å². The second-order valence-corrected chi connectivity index (χ2v) is 4.60. The van der Waals surface area contributed by atoms with E-state index < -0.39 is 6.61 Å². The highest BCUT2D eigenvalue weighted by Gasteiger charge is 2.08. The molecule has 0 aliphatic rings. The van der Waals surface area contributed by atoms with Crippen LogP contribution in [0.3, 0.4) is 0 Å². The number of hydrogen-bond donors (Lipinski definition) is 1. The summed E-state index contributed by atoms with van der Waals surface area (Å²) in [6.45, 7) is -2.42. The number of anilines is 1. The van der Waals surface area contributed by atoms with Crippen molar-refractivity contribution in [3.05, 3.63) is 58.6 Å². The molecule has 0 aliphatic heterocycles. The van der Waals surface area contributed by atoms with Crippen molar-refractivity contribution in [1.29, 1.82) is 5.26 Å². The van der Waals surface area contributed by atoms with E-state index in [1.807, 2.05) is 6.07 Å². The molecule has 0 amide bonds. The number of ether oxygens (including phenoxy) is 1. The van der Waals surface area contributed by atoms with Crippen LogP contribution in [-0.2, 0) is 6.54 Å². The Hall–Kier alpha value is -2.32.